The maximum Gasteiger partial charge on any atom is 0.264 e. The van der Waals surface area contributed by atoms with Crippen molar-refractivity contribution in [3.63, 3.8) is 0 Å². The topological polar surface area (TPSA) is 115 Å². The van der Waals surface area contributed by atoms with E-state index in [1.54, 1.807) is 22.9 Å². The van der Waals surface area contributed by atoms with Gasteiger partial charge in [-0.25, -0.2) is 4.98 Å². The van der Waals surface area contributed by atoms with Gasteiger partial charge in [0.1, 0.15) is 5.82 Å². The fourth-order valence-corrected chi connectivity index (χ4v) is 4.73. The molecule has 38 heavy (non-hydrogen) atoms. The van der Waals surface area contributed by atoms with Gasteiger partial charge >= 0.3 is 0 Å². The summed E-state index contributed by atoms with van der Waals surface area (Å²) in [5, 5.41) is 7.82. The fraction of sp³-hybridized carbons (Fsp3) is 0.103. The number of nitrogens with one attached hydrogen (secondary N) is 2. The van der Waals surface area contributed by atoms with Crippen LogP contribution in [-0.2, 0) is 4.79 Å². The van der Waals surface area contributed by atoms with Crippen molar-refractivity contribution in [3.8, 4) is 16.8 Å². The average Bonchev–Trinajstić information content (AvgIpc) is 2.89. The van der Waals surface area contributed by atoms with E-state index in [0.29, 0.717) is 38.9 Å². The molecule has 4 N–H and O–H groups in total. The third kappa shape index (κ3) is 4.94. The summed E-state index contributed by atoms with van der Waals surface area (Å²) in [5.74, 6) is 0.424. The first kappa shape index (κ1) is 25.0. The molecule has 0 saturated heterocycles. The van der Waals surface area contributed by atoms with Gasteiger partial charge in [-0.15, -0.1) is 0 Å². The van der Waals surface area contributed by atoms with Crippen molar-refractivity contribution in [2.45, 2.75) is 19.9 Å². The van der Waals surface area contributed by atoms with E-state index >= 15 is 0 Å². The zero-order valence-corrected chi connectivity index (χ0v) is 21.5. The zero-order valence-electron chi connectivity index (χ0n) is 20.8. The Bertz CT molecular complexity index is 1720. The lowest BCUT2D eigenvalue weighted by Gasteiger charge is -2.23. The van der Waals surface area contributed by atoms with Crippen LogP contribution in [0.3, 0.4) is 0 Å². The number of pyridine rings is 1. The molecular weight excluding hydrogens is 500 g/mol. The average molecular weight is 525 g/mol. The Labute approximate surface area is 224 Å². The summed E-state index contributed by atoms with van der Waals surface area (Å²) in [7, 11) is 0. The number of halogens is 1. The molecule has 1 amide bonds. The molecule has 3 aromatic carbocycles. The smallest absolute Gasteiger partial charge is 0.264 e. The Morgan fingerprint density at radius 1 is 1.03 bits per heavy atom. The number of nitrogens with two attached hydrogens (primary N) is 1. The van der Waals surface area contributed by atoms with Crippen molar-refractivity contribution in [1.82, 2.24) is 14.5 Å². The molecule has 0 bridgehead atoms. The van der Waals surface area contributed by atoms with Crippen molar-refractivity contribution >= 4 is 45.7 Å². The minimum atomic E-state index is -0.377. The summed E-state index contributed by atoms with van der Waals surface area (Å²) >= 11 is 6.45. The van der Waals surface area contributed by atoms with E-state index in [1.807, 2.05) is 73.7 Å². The summed E-state index contributed by atoms with van der Waals surface area (Å²) in [4.78, 5) is 34.0. The van der Waals surface area contributed by atoms with Crippen LogP contribution in [0.4, 0.5) is 17.5 Å². The van der Waals surface area contributed by atoms with Crippen LogP contribution in [0.15, 0.2) is 89.9 Å². The van der Waals surface area contributed by atoms with Crippen LogP contribution in [-0.4, -0.2) is 20.4 Å². The van der Waals surface area contributed by atoms with Gasteiger partial charge in [0, 0.05) is 35.8 Å². The van der Waals surface area contributed by atoms with Gasteiger partial charge in [0.05, 0.1) is 16.5 Å². The molecule has 0 unspecified atom stereocenters. The number of rotatable bonds is 6. The van der Waals surface area contributed by atoms with Crippen LogP contribution < -0.4 is 21.9 Å². The second kappa shape index (κ2) is 10.4. The maximum atomic E-state index is 13.8. The number of para-hydroxylation sites is 1. The highest BCUT2D eigenvalue weighted by Gasteiger charge is 2.20. The second-order valence-corrected chi connectivity index (χ2v) is 9.28. The summed E-state index contributed by atoms with van der Waals surface area (Å²) in [6.45, 7) is 3.40. The van der Waals surface area contributed by atoms with Gasteiger partial charge in [0.15, 0.2) is 0 Å². The molecule has 5 aromatic rings. The van der Waals surface area contributed by atoms with Crippen LogP contribution >= 0.6 is 11.6 Å². The highest BCUT2D eigenvalue weighted by molar-refractivity contribution is 6.35. The lowest BCUT2D eigenvalue weighted by molar-refractivity contribution is -0.114. The predicted molar refractivity (Wildman–Crippen MR) is 153 cm³/mol. The van der Waals surface area contributed by atoms with Crippen molar-refractivity contribution < 1.29 is 4.79 Å². The highest BCUT2D eigenvalue weighted by atomic mass is 35.5. The van der Waals surface area contributed by atoms with Crippen molar-refractivity contribution in [1.29, 1.82) is 0 Å². The normalized spacial score (nSPS) is 11.8. The van der Waals surface area contributed by atoms with Crippen molar-refractivity contribution in [2.24, 2.45) is 0 Å². The first-order valence-electron chi connectivity index (χ1n) is 12.0. The first-order chi connectivity index (χ1) is 18.3. The minimum Gasteiger partial charge on any atom is -0.368 e. The third-order valence-electron chi connectivity index (χ3n) is 6.14. The van der Waals surface area contributed by atoms with Crippen LogP contribution in [0.5, 0.6) is 0 Å². The van der Waals surface area contributed by atoms with Gasteiger partial charge in [-0.3, -0.25) is 14.2 Å². The number of carbonyl (C=O) groups excluding carboxylic acids is 1. The SMILES string of the molecule is CC(=O)Nc1cccc(-c2cnc(N)nc2N[C@@H](C)c2cc3cccc(Cl)c3c(=O)n2-c2ccccc2)c1. The Kier molecular flexibility index (Phi) is 6.81. The molecule has 2 heterocycles. The van der Waals surface area contributed by atoms with Gasteiger partial charge < -0.3 is 16.4 Å². The lowest BCUT2D eigenvalue weighted by atomic mass is 10.1. The summed E-state index contributed by atoms with van der Waals surface area (Å²) in [5.41, 5.74) is 9.31. The molecule has 0 fully saturated rings. The number of anilines is 3. The van der Waals surface area contributed by atoms with E-state index in [1.165, 1.54) is 6.92 Å². The molecule has 0 aliphatic heterocycles. The molecule has 9 heteroatoms. The molecular formula is C29H25ClN6O2. The van der Waals surface area contributed by atoms with E-state index in [2.05, 4.69) is 20.6 Å². The van der Waals surface area contributed by atoms with E-state index in [-0.39, 0.29) is 23.5 Å². The van der Waals surface area contributed by atoms with Crippen molar-refractivity contribution in [2.75, 3.05) is 16.4 Å². The number of nitrogen functional groups attached to an aromatic ring is 1. The fourth-order valence-electron chi connectivity index (χ4n) is 4.47. The van der Waals surface area contributed by atoms with E-state index in [0.717, 1.165) is 10.9 Å². The zero-order chi connectivity index (χ0) is 26.8. The van der Waals surface area contributed by atoms with E-state index < -0.39 is 0 Å². The Morgan fingerprint density at radius 2 is 1.79 bits per heavy atom. The number of hydrogen-bond donors (Lipinski definition) is 3. The van der Waals surface area contributed by atoms with Gasteiger partial charge in [-0.05, 0) is 54.3 Å². The van der Waals surface area contributed by atoms with Gasteiger partial charge in [0.2, 0.25) is 11.9 Å². The molecule has 0 spiro atoms. The Morgan fingerprint density at radius 3 is 2.55 bits per heavy atom. The van der Waals surface area contributed by atoms with Gasteiger partial charge in [-0.2, -0.15) is 4.98 Å². The van der Waals surface area contributed by atoms with Crippen molar-refractivity contribution in [3.05, 3.63) is 106 Å². The number of hydrogen-bond acceptors (Lipinski definition) is 6. The van der Waals surface area contributed by atoms with Crippen LogP contribution in [0.25, 0.3) is 27.6 Å². The monoisotopic (exact) mass is 524 g/mol. The Balaban J connectivity index is 1.63. The van der Waals surface area contributed by atoms with Crippen LogP contribution in [0.2, 0.25) is 5.02 Å². The molecule has 2 aromatic heterocycles. The molecule has 1 atom stereocenters. The predicted octanol–water partition coefficient (Wildman–Crippen LogP) is 5.81. The standard InChI is InChI=1S/C29H25ClN6O2/c1-17(33-27-23(16-32-29(31)35-27)19-8-6-10-21(14-19)34-18(2)37)25-15-20-9-7-13-24(30)26(20)28(38)36(25)22-11-4-3-5-12-22/h3-17H,1-2H3,(H,34,37)(H3,31,32,33,35)/t17-/m0/s1. The summed E-state index contributed by atoms with van der Waals surface area (Å²) in [6.07, 6.45) is 1.63. The van der Waals surface area contributed by atoms with Crippen LogP contribution in [0, 0.1) is 0 Å². The minimum absolute atomic E-state index is 0.104. The number of carbonyl (C=O) groups is 1. The maximum absolute atomic E-state index is 13.8. The molecule has 0 aliphatic rings. The molecule has 190 valence electrons. The highest BCUT2D eigenvalue weighted by Crippen LogP contribution is 2.32. The lowest BCUT2D eigenvalue weighted by Crippen LogP contribution is -2.26. The molecule has 5 rings (SSSR count). The van der Waals surface area contributed by atoms with Gasteiger partial charge in [0.25, 0.3) is 5.56 Å². The number of aromatic nitrogens is 3. The van der Waals surface area contributed by atoms with Crippen LogP contribution in [0.1, 0.15) is 25.6 Å². The largest absolute Gasteiger partial charge is 0.368 e. The second-order valence-electron chi connectivity index (χ2n) is 8.87. The molecule has 0 aliphatic carbocycles. The number of fused-ring (bicyclic) bond motifs is 1. The molecule has 0 saturated carbocycles. The number of benzene rings is 3. The summed E-state index contributed by atoms with van der Waals surface area (Å²) < 4.78 is 1.66. The number of amides is 1. The third-order valence-corrected chi connectivity index (χ3v) is 6.45. The summed E-state index contributed by atoms with van der Waals surface area (Å²) in [6, 6.07) is 23.8. The van der Waals surface area contributed by atoms with E-state index in [9.17, 15) is 9.59 Å². The quantitative estimate of drug-likeness (QED) is 0.258. The van der Waals surface area contributed by atoms with Gasteiger partial charge in [-0.1, -0.05) is 54.1 Å². The number of nitrogens with zero attached hydrogens (tertiary/aromatic N) is 3. The molecule has 0 radical (unpaired) electrons. The molecule has 8 nitrogen and oxygen atoms in total. The first-order valence-corrected chi connectivity index (χ1v) is 12.4. The van der Waals surface area contributed by atoms with E-state index in [4.69, 9.17) is 17.3 Å². The Hall–Kier alpha value is -4.69.